The van der Waals surface area contributed by atoms with Crippen LogP contribution in [0.25, 0.3) is 22.3 Å². The molecule has 0 spiro atoms. The van der Waals surface area contributed by atoms with Gasteiger partial charge in [-0.1, -0.05) is 62.2 Å². The van der Waals surface area contributed by atoms with Gasteiger partial charge in [0.25, 0.3) is 0 Å². The topological polar surface area (TPSA) is 18.5 Å². The molecular formula is C32H35F3O2. The highest BCUT2D eigenvalue weighted by Gasteiger charge is 2.25. The Morgan fingerprint density at radius 2 is 1.68 bits per heavy atom. The first-order valence-corrected chi connectivity index (χ1v) is 13.2. The van der Waals surface area contributed by atoms with E-state index in [1.807, 2.05) is 12.1 Å². The lowest BCUT2D eigenvalue weighted by molar-refractivity contribution is -0.0207. The van der Waals surface area contributed by atoms with E-state index in [0.29, 0.717) is 30.3 Å². The normalized spacial score (nSPS) is 17.5. The SMILES string of the molecule is C=CCCC1CCC(c2ccc(-c3ccc(-c4ccc(OCCCCC)c(F)c4F)cc3)cc2F)OC1. The molecule has 1 aliphatic rings. The fourth-order valence-corrected chi connectivity index (χ4v) is 4.84. The van der Waals surface area contributed by atoms with Gasteiger partial charge in [-0.2, -0.15) is 4.39 Å². The van der Waals surface area contributed by atoms with Gasteiger partial charge < -0.3 is 9.47 Å². The van der Waals surface area contributed by atoms with E-state index < -0.39 is 11.6 Å². The number of benzene rings is 3. The summed E-state index contributed by atoms with van der Waals surface area (Å²) in [6, 6.07) is 15.2. The molecule has 1 heterocycles. The Bertz CT molecular complexity index is 1180. The zero-order valence-electron chi connectivity index (χ0n) is 21.4. The summed E-state index contributed by atoms with van der Waals surface area (Å²) < 4.78 is 55.8. The summed E-state index contributed by atoms with van der Waals surface area (Å²) in [7, 11) is 0. The molecule has 0 bridgehead atoms. The molecule has 0 aliphatic carbocycles. The van der Waals surface area contributed by atoms with Crippen molar-refractivity contribution in [3.05, 3.63) is 90.3 Å². The minimum absolute atomic E-state index is 0.0706. The fraction of sp³-hybridized carbons (Fsp3) is 0.375. The molecule has 4 rings (SSSR count). The summed E-state index contributed by atoms with van der Waals surface area (Å²) in [5, 5.41) is 0. The Kier molecular flexibility index (Phi) is 9.45. The van der Waals surface area contributed by atoms with Crippen LogP contribution in [0.2, 0.25) is 0 Å². The average molecular weight is 509 g/mol. The summed E-state index contributed by atoms with van der Waals surface area (Å²) in [6.07, 6.45) is 8.35. The maximum atomic E-state index is 15.0. The van der Waals surface area contributed by atoms with Gasteiger partial charge in [0.1, 0.15) is 5.82 Å². The first kappa shape index (κ1) is 27.0. The minimum atomic E-state index is -0.979. The summed E-state index contributed by atoms with van der Waals surface area (Å²) in [5.41, 5.74) is 2.79. The lowest BCUT2D eigenvalue weighted by Crippen LogP contribution is -2.21. The van der Waals surface area contributed by atoms with E-state index in [9.17, 15) is 8.78 Å². The van der Waals surface area contributed by atoms with Crippen LogP contribution >= 0.6 is 0 Å². The molecule has 1 saturated heterocycles. The number of hydrogen-bond acceptors (Lipinski definition) is 2. The largest absolute Gasteiger partial charge is 0.490 e. The third-order valence-electron chi connectivity index (χ3n) is 7.08. The van der Waals surface area contributed by atoms with E-state index in [1.165, 1.54) is 18.2 Å². The van der Waals surface area contributed by atoms with E-state index in [-0.39, 0.29) is 23.2 Å². The molecule has 3 aromatic carbocycles. The smallest absolute Gasteiger partial charge is 0.201 e. The van der Waals surface area contributed by atoms with Crippen LogP contribution in [0.1, 0.15) is 63.5 Å². The van der Waals surface area contributed by atoms with Gasteiger partial charge in [-0.3, -0.25) is 0 Å². The first-order chi connectivity index (χ1) is 18.0. The number of allylic oxidation sites excluding steroid dienone is 1. The highest BCUT2D eigenvalue weighted by atomic mass is 19.2. The van der Waals surface area contributed by atoms with Crippen molar-refractivity contribution in [3.8, 4) is 28.0 Å². The molecule has 0 amide bonds. The van der Waals surface area contributed by atoms with Gasteiger partial charge in [-0.25, -0.2) is 8.78 Å². The molecule has 2 unspecified atom stereocenters. The molecule has 0 saturated carbocycles. The molecule has 2 nitrogen and oxygen atoms in total. The zero-order valence-corrected chi connectivity index (χ0v) is 21.4. The maximum Gasteiger partial charge on any atom is 0.201 e. The molecule has 1 fully saturated rings. The molecule has 5 heteroatoms. The van der Waals surface area contributed by atoms with E-state index >= 15 is 4.39 Å². The highest BCUT2D eigenvalue weighted by molar-refractivity contribution is 5.71. The minimum Gasteiger partial charge on any atom is -0.490 e. The molecule has 37 heavy (non-hydrogen) atoms. The van der Waals surface area contributed by atoms with E-state index in [1.54, 1.807) is 30.3 Å². The fourth-order valence-electron chi connectivity index (χ4n) is 4.84. The van der Waals surface area contributed by atoms with Crippen molar-refractivity contribution in [2.45, 2.75) is 58.0 Å². The number of unbranched alkanes of at least 4 members (excludes halogenated alkanes) is 2. The predicted octanol–water partition coefficient (Wildman–Crippen LogP) is 9.44. The van der Waals surface area contributed by atoms with Crippen LogP contribution in [0.15, 0.2) is 67.3 Å². The van der Waals surface area contributed by atoms with E-state index in [4.69, 9.17) is 9.47 Å². The number of rotatable bonds is 11. The third kappa shape index (κ3) is 6.64. The second kappa shape index (κ2) is 13.0. The third-order valence-corrected chi connectivity index (χ3v) is 7.08. The van der Waals surface area contributed by atoms with Crippen LogP contribution in [0.4, 0.5) is 13.2 Å². The molecule has 0 radical (unpaired) electrons. The summed E-state index contributed by atoms with van der Waals surface area (Å²) in [6.45, 7) is 6.84. The van der Waals surface area contributed by atoms with Crippen LogP contribution in [-0.2, 0) is 4.74 Å². The van der Waals surface area contributed by atoms with E-state index in [0.717, 1.165) is 56.1 Å². The number of halogens is 3. The average Bonchev–Trinajstić information content (AvgIpc) is 2.93. The second-order valence-corrected chi connectivity index (χ2v) is 9.74. The monoisotopic (exact) mass is 508 g/mol. The van der Waals surface area contributed by atoms with Gasteiger partial charge >= 0.3 is 0 Å². The van der Waals surface area contributed by atoms with Crippen molar-refractivity contribution >= 4 is 0 Å². The Balaban J connectivity index is 1.43. The van der Waals surface area contributed by atoms with Crippen molar-refractivity contribution in [3.63, 3.8) is 0 Å². The molecule has 0 aromatic heterocycles. The Morgan fingerprint density at radius 1 is 0.919 bits per heavy atom. The molecule has 0 N–H and O–H groups in total. The first-order valence-electron chi connectivity index (χ1n) is 13.2. The van der Waals surface area contributed by atoms with Crippen molar-refractivity contribution in [1.29, 1.82) is 0 Å². The Labute approximate surface area is 218 Å². The Morgan fingerprint density at radius 3 is 2.35 bits per heavy atom. The van der Waals surface area contributed by atoms with Crippen molar-refractivity contribution < 1.29 is 22.6 Å². The predicted molar refractivity (Wildman–Crippen MR) is 143 cm³/mol. The van der Waals surface area contributed by atoms with Crippen molar-refractivity contribution in [1.82, 2.24) is 0 Å². The van der Waals surface area contributed by atoms with Crippen LogP contribution in [0.3, 0.4) is 0 Å². The standard InChI is InChI=1S/C32H35F3O2/c1-3-5-7-19-36-30-18-16-26(31(34)32(30)35)24-12-10-23(11-13-24)25-14-15-27(28(33)20-25)29-17-9-22(21-37-29)8-6-4-2/h4,10-16,18,20,22,29H,2-3,5-9,17,19,21H2,1H3. The van der Waals surface area contributed by atoms with Gasteiger partial charge in [-0.05, 0) is 72.9 Å². The quantitative estimate of drug-likeness (QED) is 0.190. The maximum absolute atomic E-state index is 15.0. The van der Waals surface area contributed by atoms with Crippen LogP contribution < -0.4 is 4.74 Å². The van der Waals surface area contributed by atoms with Crippen LogP contribution in [-0.4, -0.2) is 13.2 Å². The number of hydrogen-bond donors (Lipinski definition) is 0. The molecule has 2 atom stereocenters. The zero-order chi connectivity index (χ0) is 26.2. The van der Waals surface area contributed by atoms with E-state index in [2.05, 4.69) is 13.5 Å². The van der Waals surface area contributed by atoms with Crippen LogP contribution in [0, 0.1) is 23.4 Å². The van der Waals surface area contributed by atoms with Gasteiger partial charge in [0.15, 0.2) is 11.6 Å². The Hall–Kier alpha value is -3.05. The van der Waals surface area contributed by atoms with Gasteiger partial charge in [-0.15, -0.1) is 6.58 Å². The van der Waals surface area contributed by atoms with Crippen molar-refractivity contribution in [2.24, 2.45) is 5.92 Å². The number of ether oxygens (including phenoxy) is 2. The molecule has 196 valence electrons. The lowest BCUT2D eigenvalue weighted by Gasteiger charge is -2.29. The molecule has 1 aliphatic heterocycles. The highest BCUT2D eigenvalue weighted by Crippen LogP contribution is 2.36. The lowest BCUT2D eigenvalue weighted by atomic mass is 9.90. The van der Waals surface area contributed by atoms with Gasteiger partial charge in [0.05, 0.1) is 19.3 Å². The second-order valence-electron chi connectivity index (χ2n) is 9.74. The summed E-state index contributed by atoms with van der Waals surface area (Å²) in [5.74, 6) is -1.77. The molecular weight excluding hydrogens is 473 g/mol. The van der Waals surface area contributed by atoms with Crippen LogP contribution in [0.5, 0.6) is 5.75 Å². The van der Waals surface area contributed by atoms with Gasteiger partial charge in [0, 0.05) is 11.1 Å². The molecule has 3 aromatic rings. The van der Waals surface area contributed by atoms with Crippen molar-refractivity contribution in [2.75, 3.05) is 13.2 Å². The summed E-state index contributed by atoms with van der Waals surface area (Å²) in [4.78, 5) is 0. The van der Waals surface area contributed by atoms with Gasteiger partial charge in [0.2, 0.25) is 5.82 Å². The summed E-state index contributed by atoms with van der Waals surface area (Å²) >= 11 is 0.